The van der Waals surface area contributed by atoms with Crippen molar-refractivity contribution >= 4 is 10.8 Å². The van der Waals surface area contributed by atoms with E-state index in [-0.39, 0.29) is 0 Å². The molecule has 56 valence electrons. The maximum Gasteiger partial charge on any atom is 0.0489 e. The SMILES string of the molecule is O=S1CCC2CNCC=C21. The summed E-state index contributed by atoms with van der Waals surface area (Å²) in [6, 6.07) is 0. The van der Waals surface area contributed by atoms with E-state index in [4.69, 9.17) is 0 Å². The second kappa shape index (κ2) is 2.47. The van der Waals surface area contributed by atoms with Crippen LogP contribution in [-0.4, -0.2) is 23.1 Å². The molecule has 0 aromatic heterocycles. The number of hydrogen-bond acceptors (Lipinski definition) is 2. The van der Waals surface area contributed by atoms with Gasteiger partial charge in [-0.1, -0.05) is 6.08 Å². The third kappa shape index (κ3) is 0.935. The van der Waals surface area contributed by atoms with Gasteiger partial charge in [-0.3, -0.25) is 4.21 Å². The molecule has 0 aliphatic carbocycles. The van der Waals surface area contributed by atoms with Crippen molar-refractivity contribution in [3.05, 3.63) is 11.0 Å². The molecule has 0 saturated carbocycles. The molecule has 1 saturated heterocycles. The van der Waals surface area contributed by atoms with Crippen LogP contribution in [0.15, 0.2) is 11.0 Å². The van der Waals surface area contributed by atoms with Gasteiger partial charge in [-0.25, -0.2) is 0 Å². The van der Waals surface area contributed by atoms with Crippen molar-refractivity contribution in [1.82, 2.24) is 5.32 Å². The zero-order valence-electron chi connectivity index (χ0n) is 5.80. The number of rotatable bonds is 0. The fourth-order valence-electron chi connectivity index (χ4n) is 1.59. The molecule has 0 aromatic rings. The molecule has 2 aliphatic rings. The maximum absolute atomic E-state index is 11.2. The molecule has 2 atom stereocenters. The molecule has 0 spiro atoms. The van der Waals surface area contributed by atoms with Crippen LogP contribution >= 0.6 is 0 Å². The summed E-state index contributed by atoms with van der Waals surface area (Å²) in [4.78, 5) is 1.21. The zero-order chi connectivity index (χ0) is 6.97. The highest BCUT2D eigenvalue weighted by molar-refractivity contribution is 7.89. The second-order valence-electron chi connectivity index (χ2n) is 2.80. The lowest BCUT2D eigenvalue weighted by Crippen LogP contribution is -2.27. The summed E-state index contributed by atoms with van der Waals surface area (Å²) in [5, 5.41) is 3.27. The predicted octanol–water partition coefficient (Wildman–Crippen LogP) is 0.242. The van der Waals surface area contributed by atoms with Gasteiger partial charge in [0.15, 0.2) is 0 Å². The molecule has 1 N–H and O–H groups in total. The molecular formula is C7H11NOS. The number of fused-ring (bicyclic) bond motifs is 1. The minimum atomic E-state index is -0.618. The van der Waals surface area contributed by atoms with Crippen LogP contribution in [0.5, 0.6) is 0 Å². The summed E-state index contributed by atoms with van der Waals surface area (Å²) in [7, 11) is -0.618. The highest BCUT2D eigenvalue weighted by atomic mass is 32.2. The van der Waals surface area contributed by atoms with Crippen LogP contribution in [-0.2, 0) is 10.8 Å². The Morgan fingerprint density at radius 3 is 3.40 bits per heavy atom. The van der Waals surface area contributed by atoms with Crippen LogP contribution in [0.1, 0.15) is 6.42 Å². The molecule has 2 unspecified atom stereocenters. The molecule has 2 aliphatic heterocycles. The van der Waals surface area contributed by atoms with Crippen molar-refractivity contribution in [2.75, 3.05) is 18.8 Å². The Morgan fingerprint density at radius 2 is 2.60 bits per heavy atom. The summed E-state index contributed by atoms with van der Waals surface area (Å²) < 4.78 is 11.2. The van der Waals surface area contributed by atoms with Gasteiger partial charge in [-0.2, -0.15) is 0 Å². The quantitative estimate of drug-likeness (QED) is 0.546. The Morgan fingerprint density at radius 1 is 1.70 bits per heavy atom. The maximum atomic E-state index is 11.2. The molecule has 0 bridgehead atoms. The van der Waals surface area contributed by atoms with E-state index in [0.29, 0.717) is 5.92 Å². The first kappa shape index (κ1) is 6.55. The van der Waals surface area contributed by atoms with Crippen molar-refractivity contribution in [2.45, 2.75) is 6.42 Å². The van der Waals surface area contributed by atoms with E-state index in [2.05, 4.69) is 11.4 Å². The Hall–Kier alpha value is -0.150. The van der Waals surface area contributed by atoms with Crippen LogP contribution in [0.2, 0.25) is 0 Å². The standard InChI is InChI=1S/C7H11NOS/c9-10-4-2-6-5-8-3-1-7(6)10/h1,6,8H,2-5H2. The Kier molecular flexibility index (Phi) is 1.62. The van der Waals surface area contributed by atoms with E-state index in [1.165, 1.54) is 4.91 Å². The first-order valence-electron chi connectivity index (χ1n) is 3.67. The van der Waals surface area contributed by atoms with Gasteiger partial charge >= 0.3 is 0 Å². The molecule has 2 heterocycles. The molecule has 3 heteroatoms. The second-order valence-corrected chi connectivity index (χ2v) is 4.37. The molecular weight excluding hydrogens is 146 g/mol. The fraction of sp³-hybridized carbons (Fsp3) is 0.714. The number of nitrogens with one attached hydrogen (secondary N) is 1. The van der Waals surface area contributed by atoms with Crippen LogP contribution in [0.4, 0.5) is 0 Å². The van der Waals surface area contributed by atoms with E-state index < -0.39 is 10.8 Å². The molecule has 0 radical (unpaired) electrons. The van der Waals surface area contributed by atoms with Crippen LogP contribution < -0.4 is 5.32 Å². The predicted molar refractivity (Wildman–Crippen MR) is 42.1 cm³/mol. The lowest BCUT2D eigenvalue weighted by Gasteiger charge is -2.16. The molecule has 0 amide bonds. The third-order valence-electron chi connectivity index (χ3n) is 2.16. The van der Waals surface area contributed by atoms with Gasteiger partial charge in [0.05, 0.1) is 0 Å². The monoisotopic (exact) mass is 157 g/mol. The molecule has 1 fully saturated rings. The van der Waals surface area contributed by atoms with Crippen molar-refractivity contribution in [3.8, 4) is 0 Å². The van der Waals surface area contributed by atoms with Crippen LogP contribution in [0, 0.1) is 5.92 Å². The van der Waals surface area contributed by atoms with E-state index in [1.54, 1.807) is 0 Å². The Bertz CT molecular complexity index is 200. The van der Waals surface area contributed by atoms with Crippen molar-refractivity contribution < 1.29 is 4.21 Å². The summed E-state index contributed by atoms with van der Waals surface area (Å²) in [5.41, 5.74) is 0. The molecule has 2 rings (SSSR count). The minimum absolute atomic E-state index is 0.592. The first-order chi connectivity index (χ1) is 4.88. The van der Waals surface area contributed by atoms with Gasteiger partial charge in [0, 0.05) is 40.5 Å². The lowest BCUT2D eigenvalue weighted by molar-refractivity contribution is 0.551. The summed E-state index contributed by atoms with van der Waals surface area (Å²) >= 11 is 0. The van der Waals surface area contributed by atoms with Crippen LogP contribution in [0.25, 0.3) is 0 Å². The van der Waals surface area contributed by atoms with Gasteiger partial charge in [-0.15, -0.1) is 0 Å². The molecule has 10 heavy (non-hydrogen) atoms. The summed E-state index contributed by atoms with van der Waals surface area (Å²) in [6.45, 7) is 1.95. The zero-order valence-corrected chi connectivity index (χ0v) is 6.62. The summed E-state index contributed by atoms with van der Waals surface area (Å²) in [6.07, 6.45) is 3.21. The average Bonchev–Trinajstić information content (AvgIpc) is 2.34. The van der Waals surface area contributed by atoms with Crippen LogP contribution in [0.3, 0.4) is 0 Å². The minimum Gasteiger partial charge on any atom is -0.313 e. The van der Waals surface area contributed by atoms with E-state index in [0.717, 1.165) is 25.3 Å². The van der Waals surface area contributed by atoms with E-state index in [9.17, 15) is 4.21 Å². The van der Waals surface area contributed by atoms with E-state index in [1.807, 2.05) is 0 Å². The highest BCUT2D eigenvalue weighted by Gasteiger charge is 2.28. The lowest BCUT2D eigenvalue weighted by atomic mass is 10.0. The number of hydrogen-bond donors (Lipinski definition) is 1. The first-order valence-corrected chi connectivity index (χ1v) is 4.99. The third-order valence-corrected chi connectivity index (χ3v) is 3.79. The summed E-state index contributed by atoms with van der Waals surface area (Å²) in [5.74, 6) is 1.48. The molecule has 2 nitrogen and oxygen atoms in total. The highest BCUT2D eigenvalue weighted by Crippen LogP contribution is 2.28. The van der Waals surface area contributed by atoms with Gasteiger partial charge in [-0.05, 0) is 6.42 Å². The van der Waals surface area contributed by atoms with Gasteiger partial charge in [0.25, 0.3) is 0 Å². The fourth-order valence-corrected chi connectivity index (χ4v) is 3.16. The Balaban J connectivity index is 2.27. The molecule has 0 aromatic carbocycles. The topological polar surface area (TPSA) is 29.1 Å². The van der Waals surface area contributed by atoms with Gasteiger partial charge in [0.2, 0.25) is 0 Å². The smallest absolute Gasteiger partial charge is 0.0489 e. The average molecular weight is 157 g/mol. The largest absolute Gasteiger partial charge is 0.313 e. The van der Waals surface area contributed by atoms with Crippen molar-refractivity contribution in [2.24, 2.45) is 5.92 Å². The van der Waals surface area contributed by atoms with E-state index >= 15 is 0 Å². The Labute approximate surface area is 63.2 Å². The van der Waals surface area contributed by atoms with Crippen molar-refractivity contribution in [1.29, 1.82) is 0 Å². The van der Waals surface area contributed by atoms with Gasteiger partial charge < -0.3 is 5.32 Å². The normalized spacial score (nSPS) is 39.0. The van der Waals surface area contributed by atoms with Crippen molar-refractivity contribution in [3.63, 3.8) is 0 Å². The van der Waals surface area contributed by atoms with Gasteiger partial charge in [0.1, 0.15) is 0 Å².